The van der Waals surface area contributed by atoms with Gasteiger partial charge < -0.3 is 5.11 Å². The lowest BCUT2D eigenvalue weighted by Crippen LogP contribution is -2.04. The molecule has 1 aromatic rings. The molecule has 1 N–H and O–H groups in total. The predicted molar refractivity (Wildman–Crippen MR) is 54.3 cm³/mol. The summed E-state index contributed by atoms with van der Waals surface area (Å²) in [5.41, 5.74) is 1.66. The summed E-state index contributed by atoms with van der Waals surface area (Å²) in [6.45, 7) is 1.27. The van der Waals surface area contributed by atoms with E-state index in [9.17, 15) is 4.39 Å². The molecule has 0 spiro atoms. The predicted octanol–water partition coefficient (Wildman–Crippen LogP) is 2.84. The zero-order valence-electron chi connectivity index (χ0n) is 7.43. The summed E-state index contributed by atoms with van der Waals surface area (Å²) >= 11 is 3.28. The minimum absolute atomic E-state index is 0.358. The molecule has 0 aliphatic rings. The van der Waals surface area contributed by atoms with Crippen LogP contribution in [0.4, 0.5) is 4.39 Å². The summed E-state index contributed by atoms with van der Waals surface area (Å²) < 4.78 is 13.1. The first-order valence-electron chi connectivity index (χ1n) is 4.15. The Labute approximate surface area is 85.7 Å². The lowest BCUT2D eigenvalue weighted by atomic mass is 10.1. The highest BCUT2D eigenvalue weighted by atomic mass is 79.9. The molecule has 0 aliphatic carbocycles. The van der Waals surface area contributed by atoms with Crippen molar-refractivity contribution in [3.05, 3.63) is 33.8 Å². The average Bonchev–Trinajstić information content (AvgIpc) is 2.03. The molecule has 72 valence electrons. The molecule has 1 aromatic carbocycles. The van der Waals surface area contributed by atoms with Crippen molar-refractivity contribution < 1.29 is 9.50 Å². The highest BCUT2D eigenvalue weighted by Crippen LogP contribution is 2.20. The van der Waals surface area contributed by atoms with Crippen molar-refractivity contribution in [2.75, 3.05) is 0 Å². The Hall–Kier alpha value is -0.410. The first kappa shape index (κ1) is 10.7. The zero-order chi connectivity index (χ0) is 9.84. The van der Waals surface area contributed by atoms with Gasteiger partial charge in [-0.05, 0) is 30.5 Å². The number of rotatable bonds is 3. The van der Waals surface area contributed by atoms with E-state index in [4.69, 9.17) is 5.11 Å². The van der Waals surface area contributed by atoms with E-state index in [1.54, 1.807) is 13.0 Å². The SMILES string of the molecule is CC(O)Cc1ccc(CF)c(Br)c1. The molecule has 0 heterocycles. The van der Waals surface area contributed by atoms with E-state index in [2.05, 4.69) is 15.9 Å². The zero-order valence-corrected chi connectivity index (χ0v) is 9.01. The Morgan fingerprint density at radius 2 is 2.23 bits per heavy atom. The molecule has 1 atom stereocenters. The number of alkyl halides is 1. The van der Waals surface area contributed by atoms with Crippen LogP contribution in [0.25, 0.3) is 0 Å². The van der Waals surface area contributed by atoms with Crippen molar-refractivity contribution >= 4 is 15.9 Å². The van der Waals surface area contributed by atoms with Crippen LogP contribution in [-0.2, 0) is 13.1 Å². The van der Waals surface area contributed by atoms with Gasteiger partial charge in [0.1, 0.15) is 6.67 Å². The van der Waals surface area contributed by atoms with Crippen molar-refractivity contribution in [1.82, 2.24) is 0 Å². The third kappa shape index (κ3) is 3.08. The summed E-state index contributed by atoms with van der Waals surface area (Å²) in [6, 6.07) is 5.43. The fraction of sp³-hybridized carbons (Fsp3) is 0.400. The standard InChI is InChI=1S/C10H12BrFO/c1-7(13)4-8-2-3-9(6-12)10(11)5-8/h2-3,5,7,13H,4,6H2,1H3. The number of aliphatic hydroxyl groups excluding tert-OH is 1. The van der Waals surface area contributed by atoms with Crippen LogP contribution in [0, 0.1) is 0 Å². The quantitative estimate of drug-likeness (QED) is 0.870. The number of benzene rings is 1. The van der Waals surface area contributed by atoms with Crippen molar-refractivity contribution in [2.45, 2.75) is 26.1 Å². The second-order valence-corrected chi connectivity index (χ2v) is 3.97. The average molecular weight is 247 g/mol. The van der Waals surface area contributed by atoms with Crippen molar-refractivity contribution in [3.8, 4) is 0 Å². The van der Waals surface area contributed by atoms with Crippen LogP contribution in [0.15, 0.2) is 22.7 Å². The highest BCUT2D eigenvalue weighted by Gasteiger charge is 2.03. The minimum atomic E-state index is -0.463. The smallest absolute Gasteiger partial charge is 0.116 e. The Morgan fingerprint density at radius 1 is 1.54 bits per heavy atom. The third-order valence-corrected chi connectivity index (χ3v) is 2.53. The van der Waals surface area contributed by atoms with Gasteiger partial charge in [0, 0.05) is 4.47 Å². The minimum Gasteiger partial charge on any atom is -0.393 e. The summed E-state index contributed by atoms with van der Waals surface area (Å²) in [5.74, 6) is 0. The van der Waals surface area contributed by atoms with E-state index in [-0.39, 0.29) is 6.10 Å². The molecule has 1 nitrogen and oxygen atoms in total. The van der Waals surface area contributed by atoms with E-state index in [0.29, 0.717) is 12.0 Å². The molecule has 0 radical (unpaired) electrons. The van der Waals surface area contributed by atoms with Crippen molar-refractivity contribution in [3.63, 3.8) is 0 Å². The van der Waals surface area contributed by atoms with Gasteiger partial charge in [-0.3, -0.25) is 0 Å². The second kappa shape index (κ2) is 4.72. The fourth-order valence-corrected chi connectivity index (χ4v) is 1.70. The summed E-state index contributed by atoms with van der Waals surface area (Å²) in [7, 11) is 0. The van der Waals surface area contributed by atoms with Gasteiger partial charge in [-0.2, -0.15) is 0 Å². The summed E-state index contributed by atoms with van der Waals surface area (Å²) in [4.78, 5) is 0. The molecule has 0 aromatic heterocycles. The first-order chi connectivity index (χ1) is 6.13. The van der Waals surface area contributed by atoms with E-state index >= 15 is 0 Å². The third-order valence-electron chi connectivity index (χ3n) is 1.79. The van der Waals surface area contributed by atoms with Gasteiger partial charge in [-0.25, -0.2) is 4.39 Å². The number of aliphatic hydroxyl groups is 1. The molecule has 0 saturated carbocycles. The van der Waals surface area contributed by atoms with E-state index in [0.717, 1.165) is 10.0 Å². The maximum Gasteiger partial charge on any atom is 0.116 e. The Kier molecular flexibility index (Phi) is 3.88. The number of hydrogen-bond acceptors (Lipinski definition) is 1. The molecule has 0 saturated heterocycles. The summed E-state index contributed by atoms with van der Waals surface area (Å²) in [5, 5.41) is 9.13. The van der Waals surface area contributed by atoms with E-state index in [1.807, 2.05) is 12.1 Å². The monoisotopic (exact) mass is 246 g/mol. The largest absolute Gasteiger partial charge is 0.393 e. The van der Waals surface area contributed by atoms with Crippen LogP contribution in [0.1, 0.15) is 18.1 Å². The van der Waals surface area contributed by atoms with Crippen LogP contribution in [0.5, 0.6) is 0 Å². The Morgan fingerprint density at radius 3 is 2.69 bits per heavy atom. The van der Waals surface area contributed by atoms with E-state index < -0.39 is 6.67 Å². The maximum atomic E-state index is 12.3. The molecule has 0 fully saturated rings. The first-order valence-corrected chi connectivity index (χ1v) is 4.94. The normalized spacial score (nSPS) is 12.9. The van der Waals surface area contributed by atoms with E-state index in [1.165, 1.54) is 0 Å². The van der Waals surface area contributed by atoms with Crippen LogP contribution in [0.2, 0.25) is 0 Å². The lowest BCUT2D eigenvalue weighted by Gasteiger charge is -2.06. The van der Waals surface area contributed by atoms with Gasteiger partial charge in [0.15, 0.2) is 0 Å². The molecular weight excluding hydrogens is 235 g/mol. The number of hydrogen-bond donors (Lipinski definition) is 1. The topological polar surface area (TPSA) is 20.2 Å². The van der Waals surface area contributed by atoms with Gasteiger partial charge in [-0.15, -0.1) is 0 Å². The Bertz CT molecular complexity index is 286. The van der Waals surface area contributed by atoms with Crippen molar-refractivity contribution in [1.29, 1.82) is 0 Å². The van der Waals surface area contributed by atoms with Crippen LogP contribution >= 0.6 is 15.9 Å². The molecule has 1 rings (SSSR count). The fourth-order valence-electron chi connectivity index (χ4n) is 1.17. The molecule has 13 heavy (non-hydrogen) atoms. The number of halogens is 2. The molecule has 3 heteroatoms. The highest BCUT2D eigenvalue weighted by molar-refractivity contribution is 9.10. The van der Waals surface area contributed by atoms with Crippen LogP contribution < -0.4 is 0 Å². The molecule has 1 unspecified atom stereocenters. The van der Waals surface area contributed by atoms with Gasteiger partial charge >= 0.3 is 0 Å². The summed E-state index contributed by atoms with van der Waals surface area (Å²) in [6.07, 6.45) is 0.244. The van der Waals surface area contributed by atoms with Crippen molar-refractivity contribution in [2.24, 2.45) is 0 Å². The molecular formula is C10H12BrFO. The molecule has 0 aliphatic heterocycles. The van der Waals surface area contributed by atoms with Crippen LogP contribution in [-0.4, -0.2) is 11.2 Å². The van der Waals surface area contributed by atoms with Gasteiger partial charge in [0.05, 0.1) is 6.10 Å². The maximum absolute atomic E-state index is 12.3. The Balaban J connectivity index is 2.83. The molecule has 0 amide bonds. The van der Waals surface area contributed by atoms with Gasteiger partial charge in [-0.1, -0.05) is 28.1 Å². The van der Waals surface area contributed by atoms with Gasteiger partial charge in [0.2, 0.25) is 0 Å². The van der Waals surface area contributed by atoms with Crippen LogP contribution in [0.3, 0.4) is 0 Å². The lowest BCUT2D eigenvalue weighted by molar-refractivity contribution is 0.195. The molecule has 0 bridgehead atoms. The van der Waals surface area contributed by atoms with Gasteiger partial charge in [0.25, 0.3) is 0 Å². The second-order valence-electron chi connectivity index (χ2n) is 3.11.